The molecule has 0 bridgehead atoms. The Morgan fingerprint density at radius 1 is 1.27 bits per heavy atom. The lowest BCUT2D eigenvalue weighted by Crippen LogP contribution is -2.55. The smallest absolute Gasteiger partial charge is 0.328 e. The highest BCUT2D eigenvalue weighted by Crippen LogP contribution is 2.14. The number of hydrogen-bond donors (Lipinski definition) is 3. The first-order valence-corrected chi connectivity index (χ1v) is 10.0. The zero-order chi connectivity index (χ0) is 22.1. The van der Waals surface area contributed by atoms with Crippen LogP contribution in [0.5, 0.6) is 0 Å². The molecule has 3 atom stereocenters. The number of rotatable bonds is 10. The van der Waals surface area contributed by atoms with Crippen molar-refractivity contribution in [1.82, 2.24) is 15.5 Å². The summed E-state index contributed by atoms with van der Waals surface area (Å²) in [6.45, 7) is 0.761. The molecule has 9 heteroatoms. The van der Waals surface area contributed by atoms with Crippen molar-refractivity contribution >= 4 is 23.7 Å². The number of esters is 1. The van der Waals surface area contributed by atoms with Crippen molar-refractivity contribution in [3.8, 4) is 0 Å². The Morgan fingerprint density at radius 2 is 1.97 bits per heavy atom. The predicted octanol–water partition coefficient (Wildman–Crippen LogP) is -0.269. The Labute approximate surface area is 176 Å². The first kappa shape index (κ1) is 23.3. The van der Waals surface area contributed by atoms with Crippen molar-refractivity contribution in [2.45, 2.75) is 50.2 Å². The van der Waals surface area contributed by atoms with Gasteiger partial charge >= 0.3 is 5.97 Å². The molecule has 3 amide bonds. The number of nitrogens with zero attached hydrogens (tertiary/aromatic N) is 1. The quantitative estimate of drug-likeness (QED) is 0.449. The van der Waals surface area contributed by atoms with Crippen LogP contribution in [-0.2, 0) is 30.3 Å². The second kappa shape index (κ2) is 11.3. The van der Waals surface area contributed by atoms with Crippen LogP contribution in [0.25, 0.3) is 0 Å². The topological polar surface area (TPSA) is 131 Å². The molecule has 164 valence electrons. The fourth-order valence-corrected chi connectivity index (χ4v) is 3.48. The maximum absolute atomic E-state index is 13.1. The summed E-state index contributed by atoms with van der Waals surface area (Å²) in [6.07, 6.45) is 1.84. The SMILES string of the molecule is COC(=O)[C@H](CCC(N)=O)NC(=O)[C@H](Cc1ccccc1)N(C)C(=O)[C@@H]1CCCN1. The molecule has 0 saturated carbocycles. The Balaban J connectivity index is 2.19. The summed E-state index contributed by atoms with van der Waals surface area (Å²) in [5.41, 5.74) is 6.05. The second-order valence-electron chi connectivity index (χ2n) is 7.39. The highest BCUT2D eigenvalue weighted by Gasteiger charge is 2.34. The van der Waals surface area contributed by atoms with E-state index in [1.165, 1.54) is 12.0 Å². The third kappa shape index (κ3) is 6.55. The summed E-state index contributed by atoms with van der Waals surface area (Å²) in [5, 5.41) is 5.78. The van der Waals surface area contributed by atoms with Gasteiger partial charge in [0.05, 0.1) is 13.2 Å². The minimum atomic E-state index is -1.03. The molecule has 1 aliphatic rings. The van der Waals surface area contributed by atoms with E-state index < -0.39 is 29.9 Å². The number of likely N-dealkylation sites (N-methyl/N-ethyl adjacent to an activating group) is 1. The van der Waals surface area contributed by atoms with Crippen molar-refractivity contribution in [2.24, 2.45) is 5.73 Å². The van der Waals surface area contributed by atoms with Crippen LogP contribution in [0, 0.1) is 0 Å². The third-order valence-corrected chi connectivity index (χ3v) is 5.23. The fraction of sp³-hybridized carbons (Fsp3) is 0.524. The number of nitrogens with two attached hydrogens (primary N) is 1. The van der Waals surface area contributed by atoms with Crippen molar-refractivity contribution in [3.05, 3.63) is 35.9 Å². The highest BCUT2D eigenvalue weighted by atomic mass is 16.5. The molecule has 9 nitrogen and oxygen atoms in total. The van der Waals surface area contributed by atoms with Crippen LogP contribution in [0.4, 0.5) is 0 Å². The van der Waals surface area contributed by atoms with Gasteiger partial charge in [-0.1, -0.05) is 30.3 Å². The van der Waals surface area contributed by atoms with Gasteiger partial charge in [0, 0.05) is 19.9 Å². The van der Waals surface area contributed by atoms with E-state index in [0.29, 0.717) is 6.42 Å². The van der Waals surface area contributed by atoms with Crippen molar-refractivity contribution in [3.63, 3.8) is 0 Å². The van der Waals surface area contributed by atoms with Gasteiger partial charge in [0.1, 0.15) is 12.1 Å². The molecule has 1 aromatic rings. The van der Waals surface area contributed by atoms with E-state index in [4.69, 9.17) is 10.5 Å². The molecule has 4 N–H and O–H groups in total. The molecular formula is C21H30N4O5. The molecule has 1 aromatic carbocycles. The molecule has 1 aliphatic heterocycles. The largest absolute Gasteiger partial charge is 0.467 e. The molecule has 0 radical (unpaired) electrons. The van der Waals surface area contributed by atoms with E-state index in [2.05, 4.69) is 10.6 Å². The number of hydrogen-bond acceptors (Lipinski definition) is 6. The Kier molecular flexibility index (Phi) is 8.79. The summed E-state index contributed by atoms with van der Waals surface area (Å²) in [6, 6.07) is 7.14. The second-order valence-corrected chi connectivity index (χ2v) is 7.39. The van der Waals surface area contributed by atoms with E-state index >= 15 is 0 Å². The summed E-state index contributed by atoms with van der Waals surface area (Å²) in [4.78, 5) is 50.7. The summed E-state index contributed by atoms with van der Waals surface area (Å²) >= 11 is 0. The number of amides is 3. The van der Waals surface area contributed by atoms with Crippen molar-refractivity contribution in [1.29, 1.82) is 0 Å². The van der Waals surface area contributed by atoms with Crippen LogP contribution < -0.4 is 16.4 Å². The summed E-state index contributed by atoms with van der Waals surface area (Å²) in [5.74, 6) is -1.92. The molecule has 0 spiro atoms. The average molecular weight is 418 g/mol. The number of carbonyl (C=O) groups is 4. The van der Waals surface area contributed by atoms with E-state index in [1.807, 2.05) is 30.3 Å². The third-order valence-electron chi connectivity index (χ3n) is 5.23. The van der Waals surface area contributed by atoms with Crippen molar-refractivity contribution < 1.29 is 23.9 Å². The number of methoxy groups -OCH3 is 1. The normalized spacial score (nSPS) is 17.6. The van der Waals surface area contributed by atoms with Gasteiger partial charge in [-0.3, -0.25) is 14.4 Å². The van der Waals surface area contributed by atoms with Gasteiger partial charge in [0.15, 0.2) is 0 Å². The van der Waals surface area contributed by atoms with Crippen LogP contribution in [0.2, 0.25) is 0 Å². The van der Waals surface area contributed by atoms with Crippen LogP contribution in [0.15, 0.2) is 30.3 Å². The average Bonchev–Trinajstić information content (AvgIpc) is 3.28. The standard InChI is InChI=1S/C21H30N4O5/c1-25(20(28)15-9-6-12-23-15)17(13-14-7-4-3-5-8-14)19(27)24-16(21(29)30-2)10-11-18(22)26/h3-5,7-8,15-17,23H,6,9-13H2,1-2H3,(H2,22,26)(H,24,27)/t15-,16-,17-/m0/s1. The Hall–Kier alpha value is -2.94. The van der Waals surface area contributed by atoms with Crippen molar-refractivity contribution in [2.75, 3.05) is 20.7 Å². The molecule has 0 unspecified atom stereocenters. The number of nitrogens with one attached hydrogen (secondary N) is 2. The molecular weight excluding hydrogens is 388 g/mol. The van der Waals surface area contributed by atoms with Gasteiger partial charge in [0.25, 0.3) is 0 Å². The van der Waals surface area contributed by atoms with E-state index in [0.717, 1.165) is 18.5 Å². The molecule has 0 aliphatic carbocycles. The zero-order valence-electron chi connectivity index (χ0n) is 17.4. The van der Waals surface area contributed by atoms with E-state index in [1.54, 1.807) is 7.05 Å². The van der Waals surface area contributed by atoms with Gasteiger partial charge < -0.3 is 26.0 Å². The fourth-order valence-electron chi connectivity index (χ4n) is 3.48. The van der Waals surface area contributed by atoms with Gasteiger partial charge in [-0.05, 0) is 31.4 Å². The Morgan fingerprint density at radius 3 is 2.53 bits per heavy atom. The maximum atomic E-state index is 13.1. The molecule has 1 heterocycles. The van der Waals surface area contributed by atoms with Crippen LogP contribution in [0.1, 0.15) is 31.2 Å². The first-order chi connectivity index (χ1) is 14.3. The van der Waals surface area contributed by atoms with Crippen LogP contribution in [-0.4, -0.2) is 67.4 Å². The molecule has 1 saturated heterocycles. The first-order valence-electron chi connectivity index (χ1n) is 10.0. The van der Waals surface area contributed by atoms with Crippen LogP contribution in [0.3, 0.4) is 0 Å². The lowest BCUT2D eigenvalue weighted by molar-refractivity contribution is -0.147. The highest BCUT2D eigenvalue weighted by molar-refractivity contribution is 5.92. The maximum Gasteiger partial charge on any atom is 0.328 e. The molecule has 1 fully saturated rings. The number of ether oxygens (including phenoxy) is 1. The Bertz CT molecular complexity index is 749. The minimum Gasteiger partial charge on any atom is -0.467 e. The monoisotopic (exact) mass is 418 g/mol. The van der Waals surface area contributed by atoms with Gasteiger partial charge in [-0.2, -0.15) is 0 Å². The number of benzene rings is 1. The number of carbonyl (C=O) groups excluding carboxylic acids is 4. The predicted molar refractivity (Wildman–Crippen MR) is 110 cm³/mol. The lowest BCUT2D eigenvalue weighted by atomic mass is 10.0. The van der Waals surface area contributed by atoms with E-state index in [9.17, 15) is 19.2 Å². The molecule has 30 heavy (non-hydrogen) atoms. The summed E-state index contributed by atoms with van der Waals surface area (Å²) < 4.78 is 4.74. The van der Waals surface area contributed by atoms with Gasteiger partial charge in [-0.25, -0.2) is 4.79 Å². The van der Waals surface area contributed by atoms with E-state index in [-0.39, 0.29) is 31.2 Å². The molecule has 2 rings (SSSR count). The van der Waals surface area contributed by atoms with Gasteiger partial charge in [0.2, 0.25) is 17.7 Å². The molecule has 0 aromatic heterocycles. The number of primary amides is 1. The zero-order valence-corrected chi connectivity index (χ0v) is 17.4. The lowest BCUT2D eigenvalue weighted by Gasteiger charge is -2.30. The van der Waals surface area contributed by atoms with Gasteiger partial charge in [-0.15, -0.1) is 0 Å². The summed E-state index contributed by atoms with van der Waals surface area (Å²) in [7, 11) is 2.79. The minimum absolute atomic E-state index is 0.0215. The van der Waals surface area contributed by atoms with Crippen LogP contribution >= 0.6 is 0 Å².